The average Bonchev–Trinajstić information content (AvgIpc) is 3.29. The molecular formula is C18H17N3O2S. The maximum Gasteiger partial charge on any atom is 0.272 e. The SMILES string of the molecule is CN(Cc1ccccc1NC(=O)c1ccc[nH]1)C(=O)c1cccs1. The lowest BCUT2D eigenvalue weighted by molar-refractivity contribution is 0.0790. The summed E-state index contributed by atoms with van der Waals surface area (Å²) in [7, 11) is 1.76. The van der Waals surface area contributed by atoms with Gasteiger partial charge in [0.05, 0.1) is 4.88 Å². The van der Waals surface area contributed by atoms with E-state index in [4.69, 9.17) is 0 Å². The van der Waals surface area contributed by atoms with Crippen LogP contribution in [0.3, 0.4) is 0 Å². The van der Waals surface area contributed by atoms with Crippen molar-refractivity contribution in [3.63, 3.8) is 0 Å². The zero-order chi connectivity index (χ0) is 16.9. The number of anilines is 1. The summed E-state index contributed by atoms with van der Waals surface area (Å²) < 4.78 is 0. The molecule has 5 nitrogen and oxygen atoms in total. The predicted molar refractivity (Wildman–Crippen MR) is 95.3 cm³/mol. The van der Waals surface area contributed by atoms with Gasteiger partial charge >= 0.3 is 0 Å². The van der Waals surface area contributed by atoms with E-state index in [1.807, 2.05) is 41.8 Å². The van der Waals surface area contributed by atoms with E-state index >= 15 is 0 Å². The summed E-state index contributed by atoms with van der Waals surface area (Å²) in [6.45, 7) is 0.415. The van der Waals surface area contributed by atoms with Crippen molar-refractivity contribution in [1.29, 1.82) is 0 Å². The molecule has 0 fully saturated rings. The van der Waals surface area contributed by atoms with Crippen LogP contribution in [0.5, 0.6) is 0 Å². The second-order valence-corrected chi connectivity index (χ2v) is 6.28. The third-order valence-electron chi connectivity index (χ3n) is 3.59. The molecule has 2 amide bonds. The number of hydrogen-bond donors (Lipinski definition) is 2. The molecule has 0 saturated carbocycles. The highest BCUT2D eigenvalue weighted by Gasteiger charge is 2.15. The first-order chi connectivity index (χ1) is 11.6. The Kier molecular flexibility index (Phi) is 4.77. The lowest BCUT2D eigenvalue weighted by Crippen LogP contribution is -2.26. The van der Waals surface area contributed by atoms with Crippen molar-refractivity contribution in [3.8, 4) is 0 Å². The lowest BCUT2D eigenvalue weighted by Gasteiger charge is -2.19. The van der Waals surface area contributed by atoms with Gasteiger partial charge in [-0.3, -0.25) is 9.59 Å². The van der Waals surface area contributed by atoms with Crippen LogP contribution < -0.4 is 5.32 Å². The Morgan fingerprint density at radius 2 is 1.96 bits per heavy atom. The third kappa shape index (κ3) is 3.55. The zero-order valence-electron chi connectivity index (χ0n) is 13.2. The largest absolute Gasteiger partial charge is 0.357 e. The van der Waals surface area contributed by atoms with Gasteiger partial charge in [0.15, 0.2) is 0 Å². The van der Waals surface area contributed by atoms with Gasteiger partial charge in [-0.1, -0.05) is 24.3 Å². The monoisotopic (exact) mass is 339 g/mol. The Hall–Kier alpha value is -2.86. The number of rotatable bonds is 5. The van der Waals surface area contributed by atoms with Gasteiger partial charge in [-0.15, -0.1) is 11.3 Å². The summed E-state index contributed by atoms with van der Waals surface area (Å²) in [5, 5.41) is 4.77. The molecule has 0 spiro atoms. The van der Waals surface area contributed by atoms with Crippen LogP contribution in [0.25, 0.3) is 0 Å². The fourth-order valence-electron chi connectivity index (χ4n) is 2.36. The van der Waals surface area contributed by atoms with Crippen molar-refractivity contribution in [2.45, 2.75) is 6.54 Å². The second kappa shape index (κ2) is 7.14. The molecule has 0 aliphatic heterocycles. The summed E-state index contributed by atoms with van der Waals surface area (Å²) in [4.78, 5) is 29.8. The van der Waals surface area contributed by atoms with Crippen molar-refractivity contribution in [2.24, 2.45) is 0 Å². The third-order valence-corrected chi connectivity index (χ3v) is 4.45. The Labute approximate surface area is 143 Å². The molecule has 2 heterocycles. The average molecular weight is 339 g/mol. The number of para-hydroxylation sites is 1. The number of benzene rings is 1. The van der Waals surface area contributed by atoms with E-state index in [-0.39, 0.29) is 11.8 Å². The molecule has 3 aromatic rings. The Morgan fingerprint density at radius 3 is 2.67 bits per heavy atom. The van der Waals surface area contributed by atoms with E-state index < -0.39 is 0 Å². The Morgan fingerprint density at radius 1 is 1.12 bits per heavy atom. The van der Waals surface area contributed by atoms with E-state index in [0.29, 0.717) is 22.8 Å². The smallest absolute Gasteiger partial charge is 0.272 e. The van der Waals surface area contributed by atoms with Crippen LogP contribution in [0.15, 0.2) is 60.1 Å². The van der Waals surface area contributed by atoms with E-state index in [2.05, 4.69) is 10.3 Å². The molecule has 6 heteroatoms. The summed E-state index contributed by atoms with van der Waals surface area (Å²) in [5.74, 6) is -0.241. The minimum absolute atomic E-state index is 0.0319. The van der Waals surface area contributed by atoms with Crippen LogP contribution in [-0.2, 0) is 6.54 Å². The molecule has 2 aromatic heterocycles. The first-order valence-corrected chi connectivity index (χ1v) is 8.35. The molecular weight excluding hydrogens is 322 g/mol. The van der Waals surface area contributed by atoms with Crippen LogP contribution in [0.1, 0.15) is 25.7 Å². The highest BCUT2D eigenvalue weighted by Crippen LogP contribution is 2.19. The van der Waals surface area contributed by atoms with Gasteiger partial charge in [0.2, 0.25) is 0 Å². The van der Waals surface area contributed by atoms with Gasteiger partial charge in [-0.05, 0) is 35.2 Å². The fraction of sp³-hybridized carbons (Fsp3) is 0.111. The summed E-state index contributed by atoms with van der Waals surface area (Å²) >= 11 is 1.42. The molecule has 0 aliphatic rings. The number of nitrogens with one attached hydrogen (secondary N) is 2. The standard InChI is InChI=1S/C18H17N3O2S/c1-21(18(23)16-9-5-11-24-16)12-13-6-2-3-7-14(13)20-17(22)15-8-4-10-19-15/h2-11,19H,12H2,1H3,(H,20,22). The normalized spacial score (nSPS) is 10.4. The highest BCUT2D eigenvalue weighted by atomic mass is 32.1. The molecule has 0 bridgehead atoms. The zero-order valence-corrected chi connectivity index (χ0v) is 14.0. The van der Waals surface area contributed by atoms with Gasteiger partial charge in [-0.2, -0.15) is 0 Å². The van der Waals surface area contributed by atoms with Crippen molar-refractivity contribution in [2.75, 3.05) is 12.4 Å². The second-order valence-electron chi connectivity index (χ2n) is 5.33. The number of H-pyrrole nitrogens is 1. The number of nitrogens with zero attached hydrogens (tertiary/aromatic N) is 1. The molecule has 0 aliphatic carbocycles. The highest BCUT2D eigenvalue weighted by molar-refractivity contribution is 7.12. The number of thiophene rings is 1. The van der Waals surface area contributed by atoms with Crippen LogP contribution >= 0.6 is 11.3 Å². The topological polar surface area (TPSA) is 65.2 Å². The van der Waals surface area contributed by atoms with Gasteiger partial charge in [-0.25, -0.2) is 0 Å². The molecule has 0 radical (unpaired) electrons. The quantitative estimate of drug-likeness (QED) is 0.746. The predicted octanol–water partition coefficient (Wildman–Crippen LogP) is 3.60. The van der Waals surface area contributed by atoms with E-state index in [0.717, 1.165) is 5.56 Å². The van der Waals surface area contributed by atoms with E-state index in [9.17, 15) is 9.59 Å². The number of aromatic amines is 1. The number of carbonyl (C=O) groups excluding carboxylic acids is 2. The lowest BCUT2D eigenvalue weighted by atomic mass is 10.1. The molecule has 1 aromatic carbocycles. The van der Waals surface area contributed by atoms with Gasteiger partial charge < -0.3 is 15.2 Å². The fourth-order valence-corrected chi connectivity index (χ4v) is 3.07. The first-order valence-electron chi connectivity index (χ1n) is 7.47. The van der Waals surface area contributed by atoms with Crippen LogP contribution in [0.4, 0.5) is 5.69 Å². The molecule has 122 valence electrons. The van der Waals surface area contributed by atoms with Gasteiger partial charge in [0, 0.05) is 25.5 Å². The summed E-state index contributed by atoms with van der Waals surface area (Å²) in [6, 6.07) is 14.6. The van der Waals surface area contributed by atoms with Crippen molar-refractivity contribution in [1.82, 2.24) is 9.88 Å². The molecule has 2 N–H and O–H groups in total. The maximum absolute atomic E-state index is 12.4. The minimum Gasteiger partial charge on any atom is -0.357 e. The molecule has 24 heavy (non-hydrogen) atoms. The number of hydrogen-bond acceptors (Lipinski definition) is 3. The van der Waals surface area contributed by atoms with Crippen molar-refractivity contribution < 1.29 is 9.59 Å². The molecule has 0 saturated heterocycles. The maximum atomic E-state index is 12.4. The van der Waals surface area contributed by atoms with Crippen molar-refractivity contribution >= 4 is 28.8 Å². The minimum atomic E-state index is -0.209. The van der Waals surface area contributed by atoms with Crippen LogP contribution in [-0.4, -0.2) is 28.7 Å². The first kappa shape index (κ1) is 16.0. The number of aromatic nitrogens is 1. The Bertz CT molecular complexity index is 826. The van der Waals surface area contributed by atoms with Crippen LogP contribution in [0, 0.1) is 0 Å². The molecule has 0 atom stereocenters. The molecule has 0 unspecified atom stereocenters. The summed E-state index contributed by atoms with van der Waals surface area (Å²) in [6.07, 6.45) is 1.70. The Balaban J connectivity index is 1.74. The van der Waals surface area contributed by atoms with Gasteiger partial charge in [0.1, 0.15) is 5.69 Å². The number of carbonyl (C=O) groups is 2. The summed E-state index contributed by atoms with van der Waals surface area (Å²) in [5.41, 5.74) is 2.07. The van der Waals surface area contributed by atoms with Gasteiger partial charge in [0.25, 0.3) is 11.8 Å². The molecule has 3 rings (SSSR count). The van der Waals surface area contributed by atoms with Crippen molar-refractivity contribution in [3.05, 3.63) is 76.2 Å². The van der Waals surface area contributed by atoms with Crippen LogP contribution in [0.2, 0.25) is 0 Å². The number of amides is 2. The van der Waals surface area contributed by atoms with E-state index in [1.54, 1.807) is 30.3 Å². The van der Waals surface area contributed by atoms with E-state index in [1.165, 1.54) is 11.3 Å².